The van der Waals surface area contributed by atoms with Crippen molar-refractivity contribution in [3.63, 3.8) is 0 Å². The first-order valence-electron chi connectivity index (χ1n) is 6.42. The monoisotopic (exact) mass is 282 g/mol. The molecule has 1 heterocycles. The summed E-state index contributed by atoms with van der Waals surface area (Å²) in [4.78, 5) is 20.6. The van der Waals surface area contributed by atoms with Crippen molar-refractivity contribution in [3.05, 3.63) is 16.6 Å². The Kier molecular flexibility index (Phi) is 5.66. The molecule has 1 unspecified atom stereocenters. The molecule has 0 aromatic carbocycles. The molecule has 5 heteroatoms. The number of esters is 1. The number of hydrogen-bond acceptors (Lipinski definition) is 5. The van der Waals surface area contributed by atoms with Crippen molar-refractivity contribution in [2.24, 2.45) is 10.9 Å². The molecule has 0 radical (unpaired) electrons. The lowest BCUT2D eigenvalue weighted by atomic mass is 10.0. The van der Waals surface area contributed by atoms with Crippen molar-refractivity contribution < 1.29 is 9.53 Å². The molecule has 0 saturated carbocycles. The molecule has 0 bridgehead atoms. The Balaban J connectivity index is 2.74. The minimum Gasteiger partial charge on any atom is -0.458 e. The van der Waals surface area contributed by atoms with Gasteiger partial charge in [0.15, 0.2) is 0 Å². The molecule has 0 amide bonds. The number of ether oxygens (including phenoxy) is 1. The Bertz CT molecular complexity index is 419. The van der Waals surface area contributed by atoms with Gasteiger partial charge in [0.1, 0.15) is 11.6 Å². The maximum Gasteiger partial charge on any atom is 0.331 e. The maximum atomic E-state index is 12.1. The number of thiazole rings is 1. The van der Waals surface area contributed by atoms with Gasteiger partial charge in [0.2, 0.25) is 0 Å². The standard InChI is InChI=1S/C14H22N2O2S/c1-10(2)6-12(13(17)18-14(3,4)5)15-7-11-8-19-9-16-11/h7-10,12H,6H2,1-5H3/b15-7+. The fraction of sp³-hybridized carbons (Fsp3) is 0.643. The number of aromatic nitrogens is 1. The zero-order valence-corrected chi connectivity index (χ0v) is 13.0. The first-order chi connectivity index (χ1) is 8.78. The van der Waals surface area contributed by atoms with Crippen molar-refractivity contribution in [1.29, 1.82) is 0 Å². The normalized spacial score (nSPS) is 14.0. The summed E-state index contributed by atoms with van der Waals surface area (Å²) in [5, 5.41) is 1.89. The molecule has 0 saturated heterocycles. The van der Waals surface area contributed by atoms with Crippen LogP contribution < -0.4 is 0 Å². The SMILES string of the molecule is CC(C)CC(/N=C/c1cscn1)C(=O)OC(C)(C)C. The van der Waals surface area contributed by atoms with Crippen LogP contribution in [0.5, 0.6) is 0 Å². The lowest BCUT2D eigenvalue weighted by Crippen LogP contribution is -2.31. The molecule has 106 valence electrons. The van der Waals surface area contributed by atoms with Crippen molar-refractivity contribution in [1.82, 2.24) is 4.98 Å². The highest BCUT2D eigenvalue weighted by molar-refractivity contribution is 7.07. The highest BCUT2D eigenvalue weighted by Crippen LogP contribution is 2.15. The van der Waals surface area contributed by atoms with Crippen LogP contribution in [0.15, 0.2) is 15.9 Å². The number of nitrogens with zero attached hydrogens (tertiary/aromatic N) is 2. The number of aliphatic imine (C=N–C) groups is 1. The summed E-state index contributed by atoms with van der Waals surface area (Å²) >= 11 is 1.51. The van der Waals surface area contributed by atoms with E-state index in [1.54, 1.807) is 11.7 Å². The predicted octanol–water partition coefficient (Wildman–Crippen LogP) is 3.32. The highest BCUT2D eigenvalue weighted by atomic mass is 32.1. The molecule has 0 fully saturated rings. The number of hydrogen-bond donors (Lipinski definition) is 0. The first-order valence-corrected chi connectivity index (χ1v) is 7.36. The van der Waals surface area contributed by atoms with Gasteiger partial charge in [-0.3, -0.25) is 4.99 Å². The molecule has 0 aliphatic rings. The lowest BCUT2D eigenvalue weighted by Gasteiger charge is -2.23. The average molecular weight is 282 g/mol. The fourth-order valence-electron chi connectivity index (χ4n) is 1.49. The minimum atomic E-state index is -0.484. The van der Waals surface area contributed by atoms with E-state index in [4.69, 9.17) is 4.74 Å². The van der Waals surface area contributed by atoms with Gasteiger partial charge in [-0.1, -0.05) is 13.8 Å². The molecule has 0 aliphatic heterocycles. The van der Waals surface area contributed by atoms with Gasteiger partial charge in [-0.05, 0) is 33.1 Å². The van der Waals surface area contributed by atoms with Crippen LogP contribution in [0.3, 0.4) is 0 Å². The molecule has 1 aromatic rings. The second-order valence-electron chi connectivity index (χ2n) is 5.87. The van der Waals surface area contributed by atoms with E-state index < -0.39 is 11.6 Å². The Hall–Kier alpha value is -1.23. The van der Waals surface area contributed by atoms with Gasteiger partial charge in [-0.2, -0.15) is 0 Å². The fourth-order valence-corrected chi connectivity index (χ4v) is 1.99. The number of carbonyl (C=O) groups is 1. The highest BCUT2D eigenvalue weighted by Gasteiger charge is 2.25. The van der Waals surface area contributed by atoms with Crippen LogP contribution in [0.4, 0.5) is 0 Å². The summed E-state index contributed by atoms with van der Waals surface area (Å²) in [5.41, 5.74) is 2.04. The predicted molar refractivity (Wildman–Crippen MR) is 78.8 cm³/mol. The van der Waals surface area contributed by atoms with E-state index in [0.29, 0.717) is 12.3 Å². The zero-order valence-electron chi connectivity index (χ0n) is 12.2. The molecule has 1 aromatic heterocycles. The molecule has 1 rings (SSSR count). The summed E-state index contributed by atoms with van der Waals surface area (Å²) in [6, 6.07) is -0.457. The third-order valence-corrected chi connectivity index (χ3v) is 2.82. The summed E-state index contributed by atoms with van der Waals surface area (Å²) in [6.07, 6.45) is 2.32. The average Bonchev–Trinajstić information content (AvgIpc) is 2.73. The summed E-state index contributed by atoms with van der Waals surface area (Å²) < 4.78 is 5.40. The molecule has 0 N–H and O–H groups in total. The van der Waals surface area contributed by atoms with Crippen molar-refractivity contribution in [2.75, 3.05) is 0 Å². The zero-order chi connectivity index (χ0) is 14.5. The van der Waals surface area contributed by atoms with Gasteiger partial charge in [-0.15, -0.1) is 11.3 Å². The molecule has 0 aliphatic carbocycles. The molecule has 4 nitrogen and oxygen atoms in total. The Morgan fingerprint density at radius 2 is 2.21 bits per heavy atom. The van der Waals surface area contributed by atoms with E-state index in [2.05, 4.69) is 23.8 Å². The van der Waals surface area contributed by atoms with E-state index >= 15 is 0 Å². The summed E-state index contributed by atoms with van der Waals surface area (Å²) in [5.74, 6) is 0.109. The van der Waals surface area contributed by atoms with Crippen LogP contribution in [0.25, 0.3) is 0 Å². The summed E-state index contributed by atoms with van der Waals surface area (Å²) in [7, 11) is 0. The van der Waals surface area contributed by atoms with Gasteiger partial charge < -0.3 is 4.74 Å². The van der Waals surface area contributed by atoms with Crippen LogP contribution in [0.2, 0.25) is 0 Å². The van der Waals surface area contributed by atoms with Crippen molar-refractivity contribution >= 4 is 23.5 Å². The van der Waals surface area contributed by atoms with E-state index in [1.165, 1.54) is 11.3 Å². The van der Waals surface area contributed by atoms with E-state index in [1.807, 2.05) is 26.2 Å². The quantitative estimate of drug-likeness (QED) is 0.615. The molecular weight excluding hydrogens is 260 g/mol. The largest absolute Gasteiger partial charge is 0.458 e. The topological polar surface area (TPSA) is 51.5 Å². The van der Waals surface area contributed by atoms with Crippen LogP contribution in [0.1, 0.15) is 46.7 Å². The van der Waals surface area contributed by atoms with Crippen molar-refractivity contribution in [2.45, 2.75) is 52.7 Å². The third-order valence-electron chi connectivity index (χ3n) is 2.21. The van der Waals surface area contributed by atoms with Gasteiger partial charge in [-0.25, -0.2) is 9.78 Å². The molecule has 1 atom stereocenters. The smallest absolute Gasteiger partial charge is 0.331 e. The molecular formula is C14H22N2O2S. The third kappa shape index (κ3) is 6.47. The van der Waals surface area contributed by atoms with E-state index in [-0.39, 0.29) is 5.97 Å². The molecule has 0 spiro atoms. The van der Waals surface area contributed by atoms with Gasteiger partial charge in [0.25, 0.3) is 0 Å². The Morgan fingerprint density at radius 3 is 2.68 bits per heavy atom. The second kappa shape index (κ2) is 6.80. The second-order valence-corrected chi connectivity index (χ2v) is 6.59. The van der Waals surface area contributed by atoms with Crippen LogP contribution in [0, 0.1) is 5.92 Å². The lowest BCUT2D eigenvalue weighted by molar-refractivity contribution is -0.156. The Morgan fingerprint density at radius 1 is 1.53 bits per heavy atom. The van der Waals surface area contributed by atoms with Crippen molar-refractivity contribution in [3.8, 4) is 0 Å². The number of carbonyl (C=O) groups excluding carboxylic acids is 1. The minimum absolute atomic E-state index is 0.271. The van der Waals surface area contributed by atoms with Crippen LogP contribution in [-0.2, 0) is 9.53 Å². The van der Waals surface area contributed by atoms with Crippen LogP contribution in [-0.4, -0.2) is 28.8 Å². The number of rotatable bonds is 5. The molecule has 19 heavy (non-hydrogen) atoms. The van der Waals surface area contributed by atoms with Gasteiger partial charge in [0, 0.05) is 11.6 Å². The van der Waals surface area contributed by atoms with Gasteiger partial charge in [0.05, 0.1) is 11.2 Å². The van der Waals surface area contributed by atoms with E-state index in [0.717, 1.165) is 5.69 Å². The maximum absolute atomic E-state index is 12.1. The summed E-state index contributed by atoms with van der Waals surface area (Å²) in [6.45, 7) is 9.72. The van der Waals surface area contributed by atoms with Gasteiger partial charge >= 0.3 is 5.97 Å². The Labute approximate surface area is 118 Å². The van der Waals surface area contributed by atoms with Crippen LogP contribution >= 0.6 is 11.3 Å². The van der Waals surface area contributed by atoms with E-state index in [9.17, 15) is 4.79 Å². The first kappa shape index (κ1) is 15.8.